The van der Waals surface area contributed by atoms with E-state index in [4.69, 9.17) is 9.26 Å². The highest BCUT2D eigenvalue weighted by Crippen LogP contribution is 2.28. The molecule has 2 aliphatic heterocycles. The number of hydrogen-bond acceptors (Lipinski definition) is 7. The average molecular weight is 385 g/mol. The highest BCUT2D eigenvalue weighted by atomic mass is 16.5. The predicted octanol–water partition coefficient (Wildman–Crippen LogP) is 1.43. The molecule has 8 heteroatoms. The van der Waals surface area contributed by atoms with Crippen molar-refractivity contribution in [2.75, 3.05) is 46.4 Å². The van der Waals surface area contributed by atoms with Gasteiger partial charge >= 0.3 is 0 Å². The monoisotopic (exact) mass is 385 g/mol. The van der Waals surface area contributed by atoms with Crippen molar-refractivity contribution in [2.24, 2.45) is 0 Å². The Morgan fingerprint density at radius 2 is 2.04 bits per heavy atom. The molecule has 2 aliphatic rings. The maximum atomic E-state index is 12.4. The number of piperidine rings is 1. The van der Waals surface area contributed by atoms with E-state index < -0.39 is 0 Å². The molecule has 4 rings (SSSR count). The zero-order chi connectivity index (χ0) is 19.3. The molecule has 0 aliphatic carbocycles. The lowest BCUT2D eigenvalue weighted by molar-refractivity contribution is -0.134. The minimum atomic E-state index is 0.0171. The lowest BCUT2D eigenvalue weighted by atomic mass is 9.96. The van der Waals surface area contributed by atoms with Crippen LogP contribution in [-0.2, 0) is 4.79 Å². The van der Waals surface area contributed by atoms with Gasteiger partial charge < -0.3 is 19.5 Å². The molecule has 0 radical (unpaired) electrons. The number of benzene rings is 1. The molecule has 1 amide bonds. The fraction of sp³-hybridized carbons (Fsp3) is 0.550. The van der Waals surface area contributed by atoms with Crippen LogP contribution in [-0.4, -0.2) is 72.2 Å². The second kappa shape index (κ2) is 8.70. The summed E-state index contributed by atoms with van der Waals surface area (Å²) in [6, 6.07) is 9.57. The topological polar surface area (TPSA) is 83.7 Å². The Labute approximate surface area is 164 Å². The molecule has 0 bridgehead atoms. The van der Waals surface area contributed by atoms with Gasteiger partial charge in [-0.3, -0.25) is 9.69 Å². The first-order valence-corrected chi connectivity index (χ1v) is 9.91. The third-order valence-corrected chi connectivity index (χ3v) is 5.57. The Bertz CT molecular complexity index is 773. The number of aromatic nitrogens is 2. The van der Waals surface area contributed by atoms with Crippen molar-refractivity contribution in [1.82, 2.24) is 25.3 Å². The van der Waals surface area contributed by atoms with Crippen LogP contribution in [0.2, 0.25) is 0 Å². The molecule has 8 nitrogen and oxygen atoms in total. The summed E-state index contributed by atoms with van der Waals surface area (Å²) in [5, 5.41) is 7.59. The van der Waals surface area contributed by atoms with E-state index in [2.05, 4.69) is 27.4 Å². The van der Waals surface area contributed by atoms with Crippen molar-refractivity contribution in [3.05, 3.63) is 42.0 Å². The van der Waals surface area contributed by atoms with Gasteiger partial charge in [0.1, 0.15) is 5.75 Å². The standard InChI is InChI=1S/C20H27N5O3/c1-24-12-9-21-13-17(24)19-22-20(28-23-19)15-7-10-25(11-8-15)18(26)14-27-16-5-3-2-4-6-16/h2-6,15,17,21H,7-14H2,1H3. The van der Waals surface area contributed by atoms with Crippen molar-refractivity contribution < 1.29 is 14.1 Å². The smallest absolute Gasteiger partial charge is 0.260 e. The van der Waals surface area contributed by atoms with Crippen molar-refractivity contribution in [3.8, 4) is 5.75 Å². The van der Waals surface area contributed by atoms with E-state index in [1.54, 1.807) is 0 Å². The Kier molecular flexibility index (Phi) is 5.87. The van der Waals surface area contributed by atoms with Crippen molar-refractivity contribution >= 4 is 5.91 Å². The Morgan fingerprint density at radius 1 is 1.25 bits per heavy atom. The summed E-state index contributed by atoms with van der Waals surface area (Å²) in [7, 11) is 2.09. The molecule has 1 unspecified atom stereocenters. The third kappa shape index (κ3) is 4.34. The summed E-state index contributed by atoms with van der Waals surface area (Å²) >= 11 is 0. The molecule has 2 fully saturated rings. The van der Waals surface area contributed by atoms with E-state index in [1.165, 1.54) is 0 Å². The van der Waals surface area contributed by atoms with Gasteiger partial charge in [-0.25, -0.2) is 0 Å². The van der Waals surface area contributed by atoms with Crippen LogP contribution in [0.15, 0.2) is 34.9 Å². The predicted molar refractivity (Wildman–Crippen MR) is 103 cm³/mol. The van der Waals surface area contributed by atoms with E-state index in [0.717, 1.165) is 38.3 Å². The maximum Gasteiger partial charge on any atom is 0.260 e. The van der Waals surface area contributed by atoms with Crippen molar-refractivity contribution in [1.29, 1.82) is 0 Å². The third-order valence-electron chi connectivity index (χ3n) is 5.57. The minimum Gasteiger partial charge on any atom is -0.484 e. The lowest BCUT2D eigenvalue weighted by Crippen LogP contribution is -2.44. The highest BCUT2D eigenvalue weighted by molar-refractivity contribution is 5.77. The number of ether oxygens (including phenoxy) is 1. The number of nitrogens with one attached hydrogen (secondary N) is 1. The summed E-state index contributed by atoms with van der Waals surface area (Å²) in [6.07, 6.45) is 1.66. The van der Waals surface area contributed by atoms with Crippen molar-refractivity contribution in [3.63, 3.8) is 0 Å². The SMILES string of the molecule is CN1CCNCC1c1noc(C2CCN(C(=O)COc3ccccc3)CC2)n1. The number of hydrogen-bond donors (Lipinski definition) is 1. The van der Waals surface area contributed by atoms with Crippen LogP contribution in [0.3, 0.4) is 0 Å². The largest absolute Gasteiger partial charge is 0.484 e. The molecule has 0 spiro atoms. The summed E-state index contributed by atoms with van der Waals surface area (Å²) in [4.78, 5) is 21.2. The van der Waals surface area contributed by atoms with Crippen LogP contribution in [0.1, 0.15) is 36.5 Å². The molecule has 1 aromatic heterocycles. The first kappa shape index (κ1) is 18.9. The van der Waals surface area contributed by atoms with Gasteiger partial charge in [-0.15, -0.1) is 0 Å². The molecule has 0 saturated carbocycles. The van der Waals surface area contributed by atoms with Gasteiger partial charge in [0.25, 0.3) is 5.91 Å². The van der Waals surface area contributed by atoms with Crippen LogP contribution in [0.4, 0.5) is 0 Å². The number of carbonyl (C=O) groups excluding carboxylic acids is 1. The highest BCUT2D eigenvalue weighted by Gasteiger charge is 2.30. The van der Waals surface area contributed by atoms with Gasteiger partial charge in [0.05, 0.1) is 6.04 Å². The summed E-state index contributed by atoms with van der Waals surface area (Å²) in [5.74, 6) is 2.39. The van der Waals surface area contributed by atoms with E-state index in [0.29, 0.717) is 24.7 Å². The molecular formula is C20H27N5O3. The Balaban J connectivity index is 1.27. The number of likely N-dealkylation sites (tertiary alicyclic amines) is 1. The summed E-state index contributed by atoms with van der Waals surface area (Å²) < 4.78 is 11.1. The van der Waals surface area contributed by atoms with Crippen molar-refractivity contribution in [2.45, 2.75) is 24.8 Å². The number of piperazine rings is 1. The van der Waals surface area contributed by atoms with Crippen LogP contribution in [0, 0.1) is 0 Å². The van der Waals surface area contributed by atoms with E-state index in [-0.39, 0.29) is 24.5 Å². The molecule has 3 heterocycles. The minimum absolute atomic E-state index is 0.0171. The number of carbonyl (C=O) groups is 1. The number of amides is 1. The molecule has 150 valence electrons. The van der Waals surface area contributed by atoms with Crippen LogP contribution < -0.4 is 10.1 Å². The maximum absolute atomic E-state index is 12.4. The van der Waals surface area contributed by atoms with Gasteiger partial charge in [-0.1, -0.05) is 23.4 Å². The molecular weight excluding hydrogens is 358 g/mol. The van der Waals surface area contributed by atoms with E-state index in [9.17, 15) is 4.79 Å². The zero-order valence-corrected chi connectivity index (χ0v) is 16.2. The number of para-hydroxylation sites is 1. The van der Waals surface area contributed by atoms with E-state index in [1.807, 2.05) is 35.2 Å². The number of nitrogens with zero attached hydrogens (tertiary/aromatic N) is 4. The molecule has 28 heavy (non-hydrogen) atoms. The second-order valence-electron chi connectivity index (χ2n) is 7.45. The fourth-order valence-corrected chi connectivity index (χ4v) is 3.77. The Morgan fingerprint density at radius 3 is 2.79 bits per heavy atom. The van der Waals surface area contributed by atoms with Crippen LogP contribution in [0.5, 0.6) is 5.75 Å². The number of rotatable bonds is 5. The molecule has 2 saturated heterocycles. The first-order valence-electron chi connectivity index (χ1n) is 9.91. The second-order valence-corrected chi connectivity index (χ2v) is 7.45. The molecule has 2 aromatic rings. The normalized spacial score (nSPS) is 21.6. The average Bonchev–Trinajstić information content (AvgIpc) is 3.23. The molecule has 1 atom stereocenters. The van der Waals surface area contributed by atoms with Gasteiger partial charge in [0, 0.05) is 38.6 Å². The summed E-state index contributed by atoms with van der Waals surface area (Å²) in [6.45, 7) is 4.23. The first-order chi connectivity index (χ1) is 13.7. The van der Waals surface area contributed by atoms with Crippen LogP contribution >= 0.6 is 0 Å². The van der Waals surface area contributed by atoms with Gasteiger partial charge in [0.2, 0.25) is 5.89 Å². The lowest BCUT2D eigenvalue weighted by Gasteiger charge is -2.31. The van der Waals surface area contributed by atoms with E-state index >= 15 is 0 Å². The molecule has 1 N–H and O–H groups in total. The number of likely N-dealkylation sites (N-methyl/N-ethyl adjacent to an activating group) is 1. The van der Waals surface area contributed by atoms with Gasteiger partial charge in [-0.2, -0.15) is 4.98 Å². The van der Waals surface area contributed by atoms with Gasteiger partial charge in [0.15, 0.2) is 12.4 Å². The zero-order valence-electron chi connectivity index (χ0n) is 16.2. The fourth-order valence-electron chi connectivity index (χ4n) is 3.77. The Hall–Kier alpha value is -2.45. The summed E-state index contributed by atoms with van der Waals surface area (Å²) in [5.41, 5.74) is 0. The molecule has 1 aromatic carbocycles. The van der Waals surface area contributed by atoms with Gasteiger partial charge in [-0.05, 0) is 32.0 Å². The quantitative estimate of drug-likeness (QED) is 0.833. The van der Waals surface area contributed by atoms with Crippen LogP contribution in [0.25, 0.3) is 0 Å².